The summed E-state index contributed by atoms with van der Waals surface area (Å²) in [7, 11) is -3.76. The molecule has 0 N–H and O–H groups in total. The van der Waals surface area contributed by atoms with Gasteiger partial charge in [0.05, 0.1) is 21.0 Å². The standard InChI is InChI=1S/C16H13ClN2O3S/c1-10-3-5-12(6-4-10)23(21,22)19-8-7-14-15(19)9-13(17)16(18-14)11(2)20/h3-9H,1-2H3. The van der Waals surface area contributed by atoms with Crippen molar-refractivity contribution in [3.8, 4) is 0 Å². The molecule has 7 heteroatoms. The van der Waals surface area contributed by atoms with Crippen LogP contribution in [-0.4, -0.2) is 23.2 Å². The van der Waals surface area contributed by atoms with E-state index in [1.54, 1.807) is 30.3 Å². The molecule has 5 nitrogen and oxygen atoms in total. The van der Waals surface area contributed by atoms with Crippen LogP contribution in [0.4, 0.5) is 0 Å². The molecule has 23 heavy (non-hydrogen) atoms. The van der Waals surface area contributed by atoms with E-state index < -0.39 is 10.0 Å². The number of carbonyl (C=O) groups is 1. The predicted molar refractivity (Wildman–Crippen MR) is 88.5 cm³/mol. The number of halogens is 1. The summed E-state index contributed by atoms with van der Waals surface area (Å²) in [6.45, 7) is 3.24. The molecule has 0 fully saturated rings. The number of aryl methyl sites for hydroxylation is 1. The number of pyridine rings is 1. The molecule has 0 aliphatic carbocycles. The second-order valence-corrected chi connectivity index (χ2v) is 7.43. The second kappa shape index (κ2) is 5.47. The normalized spacial score (nSPS) is 11.8. The Hall–Kier alpha value is -2.18. The van der Waals surface area contributed by atoms with Crippen molar-refractivity contribution in [2.24, 2.45) is 0 Å². The lowest BCUT2D eigenvalue weighted by Crippen LogP contribution is -2.12. The molecule has 0 unspecified atom stereocenters. The van der Waals surface area contributed by atoms with Crippen molar-refractivity contribution < 1.29 is 13.2 Å². The van der Waals surface area contributed by atoms with Gasteiger partial charge < -0.3 is 0 Å². The van der Waals surface area contributed by atoms with Gasteiger partial charge >= 0.3 is 0 Å². The summed E-state index contributed by atoms with van der Waals surface area (Å²) in [5.41, 5.74) is 1.83. The van der Waals surface area contributed by atoms with Gasteiger partial charge in [0.1, 0.15) is 5.69 Å². The zero-order chi connectivity index (χ0) is 16.8. The maximum absolute atomic E-state index is 12.8. The van der Waals surface area contributed by atoms with E-state index >= 15 is 0 Å². The van der Waals surface area contributed by atoms with Gasteiger partial charge in [-0.3, -0.25) is 4.79 Å². The van der Waals surface area contributed by atoms with E-state index in [0.29, 0.717) is 11.0 Å². The first kappa shape index (κ1) is 15.7. The molecule has 3 rings (SSSR count). The molecular formula is C16H13ClN2O3S. The zero-order valence-electron chi connectivity index (χ0n) is 12.4. The Kier molecular flexibility index (Phi) is 3.74. The molecule has 3 aromatic rings. The van der Waals surface area contributed by atoms with Gasteiger partial charge in [0.15, 0.2) is 5.78 Å². The van der Waals surface area contributed by atoms with Gasteiger partial charge in [0, 0.05) is 13.1 Å². The van der Waals surface area contributed by atoms with Crippen LogP contribution in [0.25, 0.3) is 11.0 Å². The minimum absolute atomic E-state index is 0.129. The number of carbonyl (C=O) groups excluding carboxylic acids is 1. The van der Waals surface area contributed by atoms with Crippen LogP contribution in [-0.2, 0) is 10.0 Å². The van der Waals surface area contributed by atoms with Crippen LogP contribution >= 0.6 is 11.6 Å². The van der Waals surface area contributed by atoms with Crippen molar-refractivity contribution in [2.45, 2.75) is 18.7 Å². The fourth-order valence-corrected chi connectivity index (χ4v) is 3.90. The molecule has 0 aliphatic rings. The van der Waals surface area contributed by atoms with Gasteiger partial charge in [-0.05, 0) is 31.2 Å². The average Bonchev–Trinajstić information content (AvgIpc) is 2.90. The summed E-state index contributed by atoms with van der Waals surface area (Å²) in [6.07, 6.45) is 1.41. The minimum atomic E-state index is -3.76. The highest BCUT2D eigenvalue weighted by Crippen LogP contribution is 2.26. The summed E-state index contributed by atoms with van der Waals surface area (Å²) >= 11 is 6.05. The zero-order valence-corrected chi connectivity index (χ0v) is 14.0. The van der Waals surface area contributed by atoms with Crippen LogP contribution < -0.4 is 0 Å². The lowest BCUT2D eigenvalue weighted by atomic mass is 10.2. The highest BCUT2D eigenvalue weighted by atomic mass is 35.5. The minimum Gasteiger partial charge on any atom is -0.293 e. The molecule has 0 spiro atoms. The summed E-state index contributed by atoms with van der Waals surface area (Å²) in [5, 5.41) is 0.129. The van der Waals surface area contributed by atoms with Crippen LogP contribution in [0.2, 0.25) is 5.02 Å². The number of hydrogen-bond donors (Lipinski definition) is 0. The van der Waals surface area contributed by atoms with Gasteiger partial charge in [0.25, 0.3) is 10.0 Å². The van der Waals surface area contributed by atoms with E-state index in [2.05, 4.69) is 4.98 Å². The van der Waals surface area contributed by atoms with Crippen molar-refractivity contribution in [1.29, 1.82) is 0 Å². The Balaban J connectivity index is 2.22. The van der Waals surface area contributed by atoms with E-state index in [9.17, 15) is 13.2 Å². The lowest BCUT2D eigenvalue weighted by molar-refractivity contribution is 0.101. The summed E-state index contributed by atoms with van der Waals surface area (Å²) in [6, 6.07) is 9.57. The van der Waals surface area contributed by atoms with E-state index in [1.165, 1.54) is 19.2 Å². The molecule has 2 aromatic heterocycles. The molecule has 2 heterocycles. The number of hydrogen-bond acceptors (Lipinski definition) is 4. The Labute approximate surface area is 138 Å². The van der Waals surface area contributed by atoms with Crippen LogP contribution in [0, 0.1) is 6.92 Å². The molecule has 0 saturated carbocycles. The lowest BCUT2D eigenvalue weighted by Gasteiger charge is -2.08. The van der Waals surface area contributed by atoms with Crippen molar-refractivity contribution in [3.63, 3.8) is 0 Å². The van der Waals surface area contributed by atoms with Crippen molar-refractivity contribution in [1.82, 2.24) is 8.96 Å². The number of rotatable bonds is 3. The molecule has 0 saturated heterocycles. The number of nitrogens with zero attached hydrogens (tertiary/aromatic N) is 2. The third-order valence-corrected chi connectivity index (χ3v) is 5.49. The second-order valence-electron chi connectivity index (χ2n) is 5.21. The SMILES string of the molecule is CC(=O)c1nc2ccn(S(=O)(=O)c3ccc(C)cc3)c2cc1Cl. The third kappa shape index (κ3) is 2.64. The first-order valence-corrected chi connectivity index (χ1v) is 8.63. The van der Waals surface area contributed by atoms with Gasteiger partial charge in [-0.2, -0.15) is 0 Å². The fraction of sp³-hybridized carbons (Fsp3) is 0.125. The van der Waals surface area contributed by atoms with E-state index in [4.69, 9.17) is 11.6 Å². The molecule has 0 radical (unpaired) electrons. The molecule has 0 amide bonds. The van der Waals surface area contributed by atoms with Gasteiger partial charge in [0.2, 0.25) is 0 Å². The molecule has 118 valence electrons. The van der Waals surface area contributed by atoms with Gasteiger partial charge in [-0.1, -0.05) is 29.3 Å². The Morgan fingerprint density at radius 1 is 1.17 bits per heavy atom. The summed E-state index contributed by atoms with van der Waals surface area (Å²) in [4.78, 5) is 15.8. The van der Waals surface area contributed by atoms with E-state index in [-0.39, 0.29) is 21.4 Å². The first-order chi connectivity index (χ1) is 10.8. The van der Waals surface area contributed by atoms with Crippen molar-refractivity contribution in [3.05, 3.63) is 58.9 Å². The predicted octanol–water partition coefficient (Wildman–Crippen LogP) is 3.44. The maximum Gasteiger partial charge on any atom is 0.268 e. The quantitative estimate of drug-likeness (QED) is 0.680. The Morgan fingerprint density at radius 3 is 2.43 bits per heavy atom. The number of aromatic nitrogens is 2. The smallest absolute Gasteiger partial charge is 0.268 e. The third-order valence-electron chi connectivity index (χ3n) is 3.50. The highest BCUT2D eigenvalue weighted by molar-refractivity contribution is 7.90. The number of fused-ring (bicyclic) bond motifs is 1. The van der Waals surface area contributed by atoms with Crippen LogP contribution in [0.1, 0.15) is 23.0 Å². The van der Waals surface area contributed by atoms with Crippen molar-refractivity contribution >= 4 is 38.4 Å². The number of Topliss-reactive ketones (excluding diaryl/α,β-unsaturated/α-hetero) is 1. The van der Waals surface area contributed by atoms with Gasteiger partial charge in [-0.25, -0.2) is 17.4 Å². The molecule has 1 aromatic carbocycles. The molecule has 0 bridgehead atoms. The molecule has 0 atom stereocenters. The molecule has 0 aliphatic heterocycles. The average molecular weight is 349 g/mol. The monoisotopic (exact) mass is 348 g/mol. The van der Waals surface area contributed by atoms with E-state index in [1.807, 2.05) is 6.92 Å². The fourth-order valence-electron chi connectivity index (χ4n) is 2.29. The Morgan fingerprint density at radius 2 is 1.83 bits per heavy atom. The largest absolute Gasteiger partial charge is 0.293 e. The van der Waals surface area contributed by atoms with Gasteiger partial charge in [-0.15, -0.1) is 0 Å². The van der Waals surface area contributed by atoms with Crippen molar-refractivity contribution in [2.75, 3.05) is 0 Å². The van der Waals surface area contributed by atoms with Crippen LogP contribution in [0.5, 0.6) is 0 Å². The highest BCUT2D eigenvalue weighted by Gasteiger charge is 2.20. The van der Waals surface area contributed by atoms with Crippen LogP contribution in [0.15, 0.2) is 47.5 Å². The molecular weight excluding hydrogens is 336 g/mol. The number of ketones is 1. The summed E-state index contributed by atoms with van der Waals surface area (Å²) < 4.78 is 26.7. The maximum atomic E-state index is 12.8. The Bertz CT molecular complexity index is 1020. The topological polar surface area (TPSA) is 69.0 Å². The number of benzene rings is 1. The van der Waals surface area contributed by atoms with E-state index in [0.717, 1.165) is 9.54 Å². The van der Waals surface area contributed by atoms with Crippen LogP contribution in [0.3, 0.4) is 0 Å². The summed E-state index contributed by atoms with van der Waals surface area (Å²) in [5.74, 6) is -0.272. The first-order valence-electron chi connectivity index (χ1n) is 6.81.